The number of halogens is 1. The summed E-state index contributed by atoms with van der Waals surface area (Å²) in [7, 11) is 5.53. The first kappa shape index (κ1) is 21.0. The fourth-order valence-electron chi connectivity index (χ4n) is 3.23. The zero-order chi connectivity index (χ0) is 19.7. The second-order valence-corrected chi connectivity index (χ2v) is 7.84. The maximum absolute atomic E-state index is 10.2. The number of methoxy groups -OCH3 is 1. The Morgan fingerprint density at radius 2 is 1.72 bits per heavy atom. The van der Waals surface area contributed by atoms with E-state index in [0.717, 1.165) is 38.5 Å². The van der Waals surface area contributed by atoms with Crippen molar-refractivity contribution in [2.45, 2.75) is 9.79 Å². The summed E-state index contributed by atoms with van der Waals surface area (Å²) in [5.74, 6) is 1.09. The Balaban J connectivity index is 0.00000240. The number of anilines is 1. The van der Waals surface area contributed by atoms with Crippen LogP contribution in [0.25, 0.3) is 22.2 Å². The molecule has 0 unspecified atom stereocenters. The van der Waals surface area contributed by atoms with Gasteiger partial charge in [0, 0.05) is 40.4 Å². The van der Waals surface area contributed by atoms with E-state index in [0.29, 0.717) is 0 Å². The van der Waals surface area contributed by atoms with Gasteiger partial charge >= 0.3 is 0 Å². The predicted octanol–water partition coefficient (Wildman–Crippen LogP) is 6.19. The molecular weight excluding hydrogens is 404 g/mol. The van der Waals surface area contributed by atoms with Crippen LogP contribution in [0, 0.1) is 0 Å². The van der Waals surface area contributed by atoms with Crippen molar-refractivity contribution in [2.75, 3.05) is 26.1 Å². The molecule has 0 bridgehead atoms. The third kappa shape index (κ3) is 4.16. The zero-order valence-corrected chi connectivity index (χ0v) is 18.1. The molecule has 0 radical (unpaired) electrons. The number of hydrogen-bond acceptors (Lipinski definition) is 4. The Kier molecular flexibility index (Phi) is 6.30. The Hall–Kier alpha value is -2.76. The number of aromatic amines is 1. The Labute approximate surface area is 180 Å². The highest BCUT2D eigenvalue weighted by Crippen LogP contribution is 2.43. The fourth-order valence-corrected chi connectivity index (χ4v) is 4.30. The normalized spacial score (nSPS) is 10.6. The van der Waals surface area contributed by atoms with Gasteiger partial charge in [-0.2, -0.15) is 0 Å². The summed E-state index contributed by atoms with van der Waals surface area (Å²) in [6.07, 6.45) is 0. The SMILES string of the molecule is COc1ccc2[nH]c(-c3ccc(O)c(N(C)C)c3)c(Sc3ccccc3)c2c1.Cl. The van der Waals surface area contributed by atoms with Gasteiger partial charge in [0.15, 0.2) is 0 Å². The molecule has 0 saturated carbocycles. The number of hydrogen-bond donors (Lipinski definition) is 2. The summed E-state index contributed by atoms with van der Waals surface area (Å²) in [6, 6.07) is 22.1. The standard InChI is InChI=1S/C23H22N2O2S.ClH/c1-25(2)20-13-15(9-12-21(20)26)22-23(28-17-7-5-4-6-8-17)18-14-16(27-3)10-11-19(18)24-22;/h4-14,24,26H,1-3H3;1H. The lowest BCUT2D eigenvalue weighted by atomic mass is 10.1. The molecule has 1 heterocycles. The van der Waals surface area contributed by atoms with E-state index in [1.165, 1.54) is 4.90 Å². The average Bonchev–Trinajstić information content (AvgIpc) is 3.06. The summed E-state index contributed by atoms with van der Waals surface area (Å²) in [4.78, 5) is 7.77. The lowest BCUT2D eigenvalue weighted by molar-refractivity contribution is 0.415. The van der Waals surface area contributed by atoms with Crippen molar-refractivity contribution in [3.05, 3.63) is 66.7 Å². The molecule has 0 aliphatic carbocycles. The van der Waals surface area contributed by atoms with Gasteiger partial charge in [0.2, 0.25) is 0 Å². The molecule has 0 amide bonds. The molecule has 4 rings (SSSR count). The molecule has 1 aromatic heterocycles. The summed E-state index contributed by atoms with van der Waals surface area (Å²) in [6.45, 7) is 0. The number of aromatic hydroxyl groups is 1. The molecule has 4 aromatic rings. The monoisotopic (exact) mass is 426 g/mol. The Morgan fingerprint density at radius 3 is 2.41 bits per heavy atom. The summed E-state index contributed by atoms with van der Waals surface area (Å²) in [5, 5.41) is 11.3. The Morgan fingerprint density at radius 1 is 0.966 bits per heavy atom. The molecule has 2 N–H and O–H groups in total. The summed E-state index contributed by atoms with van der Waals surface area (Å²) < 4.78 is 5.45. The predicted molar refractivity (Wildman–Crippen MR) is 124 cm³/mol. The van der Waals surface area contributed by atoms with Gasteiger partial charge in [0.1, 0.15) is 11.5 Å². The third-order valence-electron chi connectivity index (χ3n) is 4.67. The average molecular weight is 427 g/mol. The lowest BCUT2D eigenvalue weighted by Crippen LogP contribution is -2.08. The van der Waals surface area contributed by atoms with Crippen molar-refractivity contribution in [3.8, 4) is 22.8 Å². The molecule has 0 aliphatic heterocycles. The first-order valence-corrected chi connectivity index (χ1v) is 9.82. The van der Waals surface area contributed by atoms with Crippen molar-refractivity contribution in [3.63, 3.8) is 0 Å². The second-order valence-electron chi connectivity index (χ2n) is 6.75. The topological polar surface area (TPSA) is 48.5 Å². The summed E-state index contributed by atoms with van der Waals surface area (Å²) >= 11 is 1.72. The highest BCUT2D eigenvalue weighted by atomic mass is 35.5. The van der Waals surface area contributed by atoms with Crippen LogP contribution >= 0.6 is 24.2 Å². The maximum atomic E-state index is 10.2. The van der Waals surface area contributed by atoms with Crippen molar-refractivity contribution in [2.24, 2.45) is 0 Å². The second kappa shape index (κ2) is 8.72. The molecule has 6 heteroatoms. The van der Waals surface area contributed by atoms with Gasteiger partial charge in [0.25, 0.3) is 0 Å². The molecule has 0 atom stereocenters. The van der Waals surface area contributed by atoms with Crippen LogP contribution in [-0.2, 0) is 0 Å². The number of phenolic OH excluding ortho intramolecular Hbond substituents is 1. The largest absolute Gasteiger partial charge is 0.506 e. The number of rotatable bonds is 5. The van der Waals surface area contributed by atoms with Crippen LogP contribution in [0.1, 0.15) is 0 Å². The number of aromatic nitrogens is 1. The Bertz CT molecular complexity index is 1130. The minimum absolute atomic E-state index is 0. The molecule has 3 aromatic carbocycles. The number of fused-ring (bicyclic) bond motifs is 1. The van der Waals surface area contributed by atoms with Gasteiger partial charge in [-0.1, -0.05) is 30.0 Å². The molecular formula is C23H23ClN2O2S. The molecule has 0 spiro atoms. The van der Waals surface area contributed by atoms with E-state index >= 15 is 0 Å². The van der Waals surface area contributed by atoms with E-state index in [-0.39, 0.29) is 18.2 Å². The number of benzene rings is 3. The molecule has 0 saturated heterocycles. The van der Waals surface area contributed by atoms with Gasteiger partial charge in [0.05, 0.1) is 18.5 Å². The number of phenols is 1. The van der Waals surface area contributed by atoms with E-state index in [1.807, 2.05) is 61.5 Å². The third-order valence-corrected chi connectivity index (χ3v) is 5.80. The quantitative estimate of drug-likeness (QED) is 0.399. The zero-order valence-electron chi connectivity index (χ0n) is 16.5. The summed E-state index contributed by atoms with van der Waals surface area (Å²) in [5.41, 5.74) is 3.88. The number of ether oxygens (including phenoxy) is 1. The van der Waals surface area contributed by atoms with Gasteiger partial charge in [-0.3, -0.25) is 0 Å². The minimum atomic E-state index is 0. The van der Waals surface area contributed by atoms with Crippen LogP contribution in [-0.4, -0.2) is 31.3 Å². The van der Waals surface area contributed by atoms with E-state index in [1.54, 1.807) is 24.9 Å². The van der Waals surface area contributed by atoms with Crippen LogP contribution in [0.15, 0.2) is 76.5 Å². The van der Waals surface area contributed by atoms with Crippen LogP contribution in [0.4, 0.5) is 5.69 Å². The van der Waals surface area contributed by atoms with Crippen LogP contribution in [0.2, 0.25) is 0 Å². The van der Waals surface area contributed by atoms with Gasteiger partial charge < -0.3 is 19.7 Å². The smallest absolute Gasteiger partial charge is 0.138 e. The molecule has 4 nitrogen and oxygen atoms in total. The van der Waals surface area contributed by atoms with Gasteiger partial charge in [-0.25, -0.2) is 0 Å². The van der Waals surface area contributed by atoms with Crippen molar-refractivity contribution < 1.29 is 9.84 Å². The fraction of sp³-hybridized carbons (Fsp3) is 0.130. The van der Waals surface area contributed by atoms with Crippen molar-refractivity contribution in [1.82, 2.24) is 4.98 Å². The van der Waals surface area contributed by atoms with E-state index in [4.69, 9.17) is 4.74 Å². The molecule has 0 fully saturated rings. The lowest BCUT2D eigenvalue weighted by Gasteiger charge is -2.15. The molecule has 29 heavy (non-hydrogen) atoms. The highest BCUT2D eigenvalue weighted by Gasteiger charge is 2.17. The van der Waals surface area contributed by atoms with E-state index < -0.39 is 0 Å². The van der Waals surface area contributed by atoms with Crippen molar-refractivity contribution >= 4 is 40.8 Å². The van der Waals surface area contributed by atoms with E-state index in [9.17, 15) is 5.11 Å². The van der Waals surface area contributed by atoms with E-state index in [2.05, 4.69) is 23.2 Å². The number of H-pyrrole nitrogens is 1. The minimum Gasteiger partial charge on any atom is -0.506 e. The molecule has 0 aliphatic rings. The van der Waals surface area contributed by atoms with Gasteiger partial charge in [-0.05, 0) is 48.5 Å². The van der Waals surface area contributed by atoms with Crippen LogP contribution in [0.5, 0.6) is 11.5 Å². The molecule has 150 valence electrons. The van der Waals surface area contributed by atoms with Crippen molar-refractivity contribution in [1.29, 1.82) is 0 Å². The number of nitrogens with one attached hydrogen (secondary N) is 1. The first-order chi connectivity index (χ1) is 13.6. The van der Waals surface area contributed by atoms with Crippen LogP contribution in [0.3, 0.4) is 0 Å². The highest BCUT2D eigenvalue weighted by molar-refractivity contribution is 7.99. The van der Waals surface area contributed by atoms with Crippen LogP contribution < -0.4 is 9.64 Å². The van der Waals surface area contributed by atoms with Gasteiger partial charge in [-0.15, -0.1) is 12.4 Å². The first-order valence-electron chi connectivity index (χ1n) is 9.00. The maximum Gasteiger partial charge on any atom is 0.138 e. The number of nitrogens with zero attached hydrogens (tertiary/aromatic N) is 1.